The highest BCUT2D eigenvalue weighted by Gasteiger charge is 2.21. The Balaban J connectivity index is 1.60. The van der Waals surface area contributed by atoms with Crippen LogP contribution in [0.25, 0.3) is 0 Å². The number of rotatable bonds is 5. The lowest BCUT2D eigenvalue weighted by Gasteiger charge is -2.30. The van der Waals surface area contributed by atoms with E-state index < -0.39 is 0 Å². The van der Waals surface area contributed by atoms with E-state index in [-0.39, 0.29) is 0 Å². The molecule has 2 N–H and O–H groups in total. The molecule has 0 aromatic heterocycles. The first-order valence-electron chi connectivity index (χ1n) is 7.48. The Labute approximate surface area is 132 Å². The minimum atomic E-state index is 0.561. The topological polar surface area (TPSA) is 24.1 Å². The fraction of sp³-hybridized carbons (Fsp3) is 0.562. The molecule has 20 heavy (non-hydrogen) atoms. The molecule has 0 aliphatic heterocycles. The van der Waals surface area contributed by atoms with Crippen LogP contribution in [0.3, 0.4) is 0 Å². The summed E-state index contributed by atoms with van der Waals surface area (Å²) >= 11 is 7.25. The van der Waals surface area contributed by atoms with Gasteiger partial charge in [-0.05, 0) is 43.1 Å². The van der Waals surface area contributed by atoms with Gasteiger partial charge in [0.2, 0.25) is 0 Å². The summed E-state index contributed by atoms with van der Waals surface area (Å²) in [7, 11) is 0. The number of thiocarbonyl (C=S) groups is 1. The molecule has 0 radical (unpaired) electrons. The molecule has 0 amide bonds. The summed E-state index contributed by atoms with van der Waals surface area (Å²) in [6.07, 6.45) is 5.27. The van der Waals surface area contributed by atoms with Crippen molar-refractivity contribution in [2.24, 2.45) is 5.92 Å². The van der Waals surface area contributed by atoms with Crippen molar-refractivity contribution in [2.75, 3.05) is 12.3 Å². The van der Waals surface area contributed by atoms with Crippen LogP contribution in [0.2, 0.25) is 0 Å². The molecule has 0 saturated heterocycles. The van der Waals surface area contributed by atoms with Crippen molar-refractivity contribution in [3.8, 4) is 0 Å². The number of hydrogen-bond acceptors (Lipinski definition) is 2. The molecule has 0 spiro atoms. The van der Waals surface area contributed by atoms with Gasteiger partial charge in [0.15, 0.2) is 5.11 Å². The van der Waals surface area contributed by atoms with Crippen LogP contribution in [0, 0.1) is 5.92 Å². The summed E-state index contributed by atoms with van der Waals surface area (Å²) in [5.41, 5.74) is 0. The van der Waals surface area contributed by atoms with E-state index in [2.05, 4.69) is 41.8 Å². The fourth-order valence-electron chi connectivity index (χ4n) is 2.60. The molecule has 0 unspecified atom stereocenters. The van der Waals surface area contributed by atoms with E-state index in [0.717, 1.165) is 23.3 Å². The molecule has 2 atom stereocenters. The second-order valence-electron chi connectivity index (χ2n) is 5.43. The van der Waals surface area contributed by atoms with Gasteiger partial charge in [-0.25, -0.2) is 0 Å². The smallest absolute Gasteiger partial charge is 0.166 e. The minimum absolute atomic E-state index is 0.561. The van der Waals surface area contributed by atoms with Crippen molar-refractivity contribution in [1.29, 1.82) is 0 Å². The Morgan fingerprint density at radius 2 is 2.00 bits per heavy atom. The predicted octanol–water partition coefficient (Wildman–Crippen LogP) is 3.82. The Hall–Kier alpha value is -0.740. The summed E-state index contributed by atoms with van der Waals surface area (Å²) in [6, 6.07) is 11.0. The first-order valence-corrected chi connectivity index (χ1v) is 8.87. The van der Waals surface area contributed by atoms with Crippen LogP contribution in [0.1, 0.15) is 32.6 Å². The molecule has 1 fully saturated rings. The van der Waals surface area contributed by atoms with Crippen LogP contribution < -0.4 is 10.6 Å². The first kappa shape index (κ1) is 15.6. The van der Waals surface area contributed by atoms with Gasteiger partial charge in [-0.1, -0.05) is 38.0 Å². The summed E-state index contributed by atoms with van der Waals surface area (Å²) in [4.78, 5) is 1.31. The third-order valence-corrected chi connectivity index (χ3v) is 5.10. The van der Waals surface area contributed by atoms with Crippen molar-refractivity contribution in [1.82, 2.24) is 10.6 Å². The van der Waals surface area contributed by atoms with Crippen molar-refractivity contribution in [3.05, 3.63) is 30.3 Å². The summed E-state index contributed by atoms with van der Waals surface area (Å²) < 4.78 is 0. The highest BCUT2D eigenvalue weighted by Crippen LogP contribution is 2.23. The van der Waals surface area contributed by atoms with Crippen LogP contribution >= 0.6 is 24.0 Å². The predicted molar refractivity (Wildman–Crippen MR) is 92.3 cm³/mol. The van der Waals surface area contributed by atoms with Crippen LogP contribution in [0.4, 0.5) is 0 Å². The van der Waals surface area contributed by atoms with Crippen molar-refractivity contribution in [3.63, 3.8) is 0 Å². The molecule has 2 nitrogen and oxygen atoms in total. The van der Waals surface area contributed by atoms with Crippen LogP contribution in [-0.2, 0) is 0 Å². The van der Waals surface area contributed by atoms with E-state index >= 15 is 0 Å². The van der Waals surface area contributed by atoms with Gasteiger partial charge in [0.25, 0.3) is 0 Å². The molecule has 1 saturated carbocycles. The van der Waals surface area contributed by atoms with Crippen LogP contribution in [-0.4, -0.2) is 23.5 Å². The number of benzene rings is 1. The molecule has 1 aliphatic rings. The van der Waals surface area contributed by atoms with E-state index in [1.807, 2.05) is 17.8 Å². The number of hydrogen-bond donors (Lipinski definition) is 2. The maximum absolute atomic E-state index is 5.39. The average Bonchev–Trinajstić information content (AvgIpc) is 2.47. The van der Waals surface area contributed by atoms with Crippen LogP contribution in [0.5, 0.6) is 0 Å². The van der Waals surface area contributed by atoms with E-state index in [4.69, 9.17) is 12.2 Å². The second-order valence-corrected chi connectivity index (χ2v) is 7.01. The quantitative estimate of drug-likeness (QED) is 0.490. The third kappa shape index (κ3) is 5.33. The molecular weight excluding hydrogens is 284 g/mol. The highest BCUT2D eigenvalue weighted by atomic mass is 32.2. The SMILES string of the molecule is C[C@@H]1CCCC[C@H]1NC(=S)NCCSc1ccccc1. The van der Waals surface area contributed by atoms with Crippen LogP contribution in [0.15, 0.2) is 35.2 Å². The lowest BCUT2D eigenvalue weighted by Crippen LogP contribution is -2.46. The maximum atomic E-state index is 5.39. The Morgan fingerprint density at radius 1 is 1.25 bits per heavy atom. The summed E-state index contributed by atoms with van der Waals surface area (Å²) in [5, 5.41) is 7.62. The average molecular weight is 309 g/mol. The largest absolute Gasteiger partial charge is 0.362 e. The standard InChI is InChI=1S/C16H24N2S2/c1-13-7-5-6-10-15(13)18-16(19)17-11-12-20-14-8-3-2-4-9-14/h2-4,8-9,13,15H,5-7,10-12H2,1H3,(H2,17,18,19)/t13-,15-/m1/s1. The number of nitrogens with one attached hydrogen (secondary N) is 2. The molecule has 2 rings (SSSR count). The van der Waals surface area contributed by atoms with Gasteiger partial charge < -0.3 is 10.6 Å². The molecule has 110 valence electrons. The molecule has 1 aliphatic carbocycles. The molecule has 0 bridgehead atoms. The minimum Gasteiger partial charge on any atom is -0.362 e. The molecule has 4 heteroatoms. The van der Waals surface area contributed by atoms with Gasteiger partial charge in [0.05, 0.1) is 0 Å². The number of thioether (sulfide) groups is 1. The van der Waals surface area contributed by atoms with Crippen molar-refractivity contribution >= 4 is 29.1 Å². The molecular formula is C16H24N2S2. The first-order chi connectivity index (χ1) is 9.75. The zero-order valence-electron chi connectivity index (χ0n) is 12.1. The molecule has 1 aromatic rings. The molecule has 0 heterocycles. The van der Waals surface area contributed by atoms with Crippen molar-refractivity contribution < 1.29 is 0 Å². The summed E-state index contributed by atoms with van der Waals surface area (Å²) in [6.45, 7) is 3.23. The third-order valence-electron chi connectivity index (χ3n) is 3.83. The highest BCUT2D eigenvalue weighted by molar-refractivity contribution is 7.99. The monoisotopic (exact) mass is 308 g/mol. The Bertz CT molecular complexity index is 408. The lowest BCUT2D eigenvalue weighted by molar-refractivity contribution is 0.308. The fourth-order valence-corrected chi connectivity index (χ4v) is 3.64. The van der Waals surface area contributed by atoms with Gasteiger partial charge in [0, 0.05) is 23.2 Å². The van der Waals surface area contributed by atoms with E-state index in [0.29, 0.717) is 6.04 Å². The van der Waals surface area contributed by atoms with E-state index in [1.165, 1.54) is 30.6 Å². The van der Waals surface area contributed by atoms with Crippen molar-refractivity contribution in [2.45, 2.75) is 43.5 Å². The maximum Gasteiger partial charge on any atom is 0.166 e. The second kappa shape index (κ2) is 8.53. The Morgan fingerprint density at radius 3 is 2.75 bits per heavy atom. The normalized spacial score (nSPS) is 22.2. The zero-order valence-corrected chi connectivity index (χ0v) is 13.7. The van der Waals surface area contributed by atoms with Gasteiger partial charge in [-0.2, -0.15) is 0 Å². The summed E-state index contributed by atoms with van der Waals surface area (Å²) in [5.74, 6) is 1.77. The van der Waals surface area contributed by atoms with Gasteiger partial charge in [0.1, 0.15) is 0 Å². The van der Waals surface area contributed by atoms with Gasteiger partial charge in [-0.15, -0.1) is 11.8 Å². The molecule has 1 aromatic carbocycles. The zero-order chi connectivity index (χ0) is 14.2. The Kier molecular flexibility index (Phi) is 6.67. The lowest BCUT2D eigenvalue weighted by atomic mass is 9.86. The van der Waals surface area contributed by atoms with E-state index in [1.54, 1.807) is 0 Å². The van der Waals surface area contributed by atoms with E-state index in [9.17, 15) is 0 Å². The van der Waals surface area contributed by atoms with Gasteiger partial charge in [-0.3, -0.25) is 0 Å². The van der Waals surface area contributed by atoms with Gasteiger partial charge >= 0.3 is 0 Å².